The number of anilines is 2. The highest BCUT2D eigenvalue weighted by Gasteiger charge is 2.24. The Balaban J connectivity index is 1.71. The molecule has 29 heavy (non-hydrogen) atoms. The molecule has 1 amide bonds. The van der Waals surface area contributed by atoms with E-state index in [1.807, 2.05) is 25.1 Å². The Bertz CT molecular complexity index is 1090. The lowest BCUT2D eigenvalue weighted by molar-refractivity contribution is 0.0997. The number of aryl methyl sites for hydroxylation is 2. The van der Waals surface area contributed by atoms with Crippen molar-refractivity contribution in [1.82, 2.24) is 4.98 Å². The monoisotopic (exact) mass is 423 g/mol. The summed E-state index contributed by atoms with van der Waals surface area (Å²) in [5.41, 5.74) is 2.16. The Morgan fingerprint density at radius 2 is 2.14 bits per heavy atom. The maximum Gasteiger partial charge on any atom is 0.291 e. The van der Waals surface area contributed by atoms with E-state index in [2.05, 4.69) is 40.1 Å². The maximum atomic E-state index is 12.6. The lowest BCUT2D eigenvalue weighted by Crippen LogP contribution is -2.16. The van der Waals surface area contributed by atoms with Gasteiger partial charge in [-0.05, 0) is 60.7 Å². The number of thiophene rings is 2. The predicted octanol–water partition coefficient (Wildman–Crippen LogP) is 6.12. The molecule has 0 unspecified atom stereocenters. The van der Waals surface area contributed by atoms with E-state index in [9.17, 15) is 4.79 Å². The average Bonchev–Trinajstić information content (AvgIpc) is 3.47. The zero-order valence-electron chi connectivity index (χ0n) is 16.1. The molecule has 148 valence electrons. The van der Waals surface area contributed by atoms with E-state index >= 15 is 0 Å². The first kappa shape index (κ1) is 19.4. The van der Waals surface area contributed by atoms with Gasteiger partial charge in [0, 0.05) is 21.5 Å². The van der Waals surface area contributed by atoms with Crippen molar-refractivity contribution in [3.8, 4) is 0 Å². The van der Waals surface area contributed by atoms with E-state index in [0.717, 1.165) is 33.2 Å². The molecule has 5 nitrogen and oxygen atoms in total. The quantitative estimate of drug-likeness (QED) is 0.376. The molecule has 1 atom stereocenters. The largest absolute Gasteiger partial charge is 0.459 e. The molecule has 0 saturated carbocycles. The Kier molecular flexibility index (Phi) is 5.78. The minimum Gasteiger partial charge on any atom is -0.459 e. The highest BCUT2D eigenvalue weighted by atomic mass is 32.1. The highest BCUT2D eigenvalue weighted by Crippen LogP contribution is 2.39. The van der Waals surface area contributed by atoms with Crippen LogP contribution < -0.4 is 10.6 Å². The topological polar surface area (TPSA) is 67.2 Å². The summed E-state index contributed by atoms with van der Waals surface area (Å²) in [5.74, 6) is 0.846. The van der Waals surface area contributed by atoms with Crippen LogP contribution in [0.2, 0.25) is 0 Å². The van der Waals surface area contributed by atoms with E-state index in [4.69, 9.17) is 4.42 Å². The van der Waals surface area contributed by atoms with Gasteiger partial charge in [0.2, 0.25) is 0 Å². The molecule has 0 saturated heterocycles. The third-order valence-electron chi connectivity index (χ3n) is 4.48. The van der Waals surface area contributed by atoms with Crippen LogP contribution in [0.4, 0.5) is 10.8 Å². The molecule has 7 heteroatoms. The van der Waals surface area contributed by atoms with Gasteiger partial charge in [-0.2, -0.15) is 0 Å². The minimum atomic E-state index is -0.251. The molecule has 4 rings (SSSR count). The van der Waals surface area contributed by atoms with Crippen LogP contribution in [-0.2, 0) is 6.42 Å². The van der Waals surface area contributed by atoms with Crippen molar-refractivity contribution in [2.24, 2.45) is 0 Å². The molecule has 0 aromatic carbocycles. The molecule has 0 aliphatic carbocycles. The van der Waals surface area contributed by atoms with Crippen molar-refractivity contribution in [2.75, 3.05) is 10.6 Å². The molecule has 4 aromatic heterocycles. The molecule has 2 N–H and O–H groups in total. The third-order valence-corrected chi connectivity index (χ3v) is 6.63. The molecule has 0 aliphatic heterocycles. The maximum absolute atomic E-state index is 12.6. The van der Waals surface area contributed by atoms with Crippen LogP contribution in [0.3, 0.4) is 0 Å². The van der Waals surface area contributed by atoms with E-state index in [-0.39, 0.29) is 11.9 Å². The summed E-state index contributed by atoms with van der Waals surface area (Å²) < 4.78 is 5.25. The summed E-state index contributed by atoms with van der Waals surface area (Å²) >= 11 is 3.27. The molecule has 0 spiro atoms. The lowest BCUT2D eigenvalue weighted by Gasteiger charge is -2.19. The molecule has 4 heterocycles. The van der Waals surface area contributed by atoms with Crippen LogP contribution >= 0.6 is 22.7 Å². The molecule has 0 radical (unpaired) electrons. The summed E-state index contributed by atoms with van der Waals surface area (Å²) in [5, 5.41) is 9.47. The molecule has 0 fully saturated rings. The van der Waals surface area contributed by atoms with Crippen LogP contribution in [-0.4, -0.2) is 10.9 Å². The number of carbonyl (C=O) groups is 1. The van der Waals surface area contributed by atoms with Crippen LogP contribution in [0.15, 0.2) is 64.7 Å². The predicted molar refractivity (Wildman–Crippen MR) is 119 cm³/mol. The van der Waals surface area contributed by atoms with E-state index in [1.54, 1.807) is 41.0 Å². The fourth-order valence-corrected chi connectivity index (χ4v) is 4.86. The number of amides is 1. The van der Waals surface area contributed by atoms with Crippen LogP contribution in [0.25, 0.3) is 0 Å². The van der Waals surface area contributed by atoms with Gasteiger partial charge in [0.25, 0.3) is 5.91 Å². The second-order valence-corrected chi connectivity index (χ2v) is 8.71. The Hall–Kier alpha value is -2.90. The van der Waals surface area contributed by atoms with Crippen molar-refractivity contribution in [3.63, 3.8) is 0 Å². The molecular formula is C22H21N3O2S2. The second kappa shape index (κ2) is 8.63. The number of nitrogens with zero attached hydrogens (tertiary/aromatic N) is 1. The molecule has 4 aromatic rings. The van der Waals surface area contributed by atoms with Gasteiger partial charge in [-0.1, -0.05) is 13.0 Å². The van der Waals surface area contributed by atoms with E-state index in [0.29, 0.717) is 5.76 Å². The Morgan fingerprint density at radius 1 is 1.24 bits per heavy atom. The third kappa shape index (κ3) is 4.41. The van der Waals surface area contributed by atoms with Crippen LogP contribution in [0.1, 0.15) is 44.4 Å². The average molecular weight is 424 g/mol. The fraction of sp³-hybridized carbons (Fsp3) is 0.182. The molecule has 0 bridgehead atoms. The first-order chi connectivity index (χ1) is 14.1. The van der Waals surface area contributed by atoms with Gasteiger partial charge in [0.15, 0.2) is 5.76 Å². The highest BCUT2D eigenvalue weighted by molar-refractivity contribution is 7.16. The fourth-order valence-electron chi connectivity index (χ4n) is 3.04. The Morgan fingerprint density at radius 3 is 2.83 bits per heavy atom. The van der Waals surface area contributed by atoms with E-state index in [1.165, 1.54) is 11.1 Å². The van der Waals surface area contributed by atoms with Crippen molar-refractivity contribution in [2.45, 2.75) is 26.3 Å². The summed E-state index contributed by atoms with van der Waals surface area (Å²) in [4.78, 5) is 19.4. The SMILES string of the molecule is CCc1cc([C@@H](Nc2cc(C)ccn2)c2cccs2)c(NC(=O)c2ccco2)s1. The minimum absolute atomic E-state index is 0.118. The first-order valence-corrected chi connectivity index (χ1v) is 11.0. The first-order valence-electron chi connectivity index (χ1n) is 9.34. The van der Waals surface area contributed by atoms with Gasteiger partial charge in [-0.15, -0.1) is 22.7 Å². The number of furan rings is 1. The van der Waals surface area contributed by atoms with Gasteiger partial charge >= 0.3 is 0 Å². The van der Waals surface area contributed by atoms with Crippen molar-refractivity contribution in [1.29, 1.82) is 0 Å². The summed E-state index contributed by atoms with van der Waals surface area (Å²) in [6.07, 6.45) is 4.20. The number of nitrogens with one attached hydrogen (secondary N) is 2. The zero-order chi connectivity index (χ0) is 20.2. The zero-order valence-corrected chi connectivity index (χ0v) is 17.8. The molecule has 0 aliphatic rings. The summed E-state index contributed by atoms with van der Waals surface area (Å²) in [6.45, 7) is 4.16. The normalized spacial score (nSPS) is 11.9. The van der Waals surface area contributed by atoms with Gasteiger partial charge in [0.05, 0.1) is 12.3 Å². The lowest BCUT2D eigenvalue weighted by atomic mass is 10.1. The van der Waals surface area contributed by atoms with Crippen LogP contribution in [0.5, 0.6) is 0 Å². The van der Waals surface area contributed by atoms with Crippen LogP contribution in [0, 0.1) is 6.92 Å². The standard InChI is InChI=1S/C22H21N3O2S2/c1-3-15-13-16(22(29-15)25-21(26)17-6-4-10-27-17)20(18-7-5-11-28-18)24-19-12-14(2)8-9-23-19/h4-13,20H,3H2,1-2H3,(H,23,24)(H,25,26)/t20-/m1/s1. The number of rotatable bonds is 7. The number of hydrogen-bond donors (Lipinski definition) is 2. The second-order valence-electron chi connectivity index (χ2n) is 6.59. The summed E-state index contributed by atoms with van der Waals surface area (Å²) in [7, 11) is 0. The Labute approximate surface area is 177 Å². The van der Waals surface area contributed by atoms with E-state index < -0.39 is 0 Å². The van der Waals surface area contributed by atoms with Crippen molar-refractivity contribution in [3.05, 3.63) is 86.9 Å². The van der Waals surface area contributed by atoms with Gasteiger partial charge in [0.1, 0.15) is 10.8 Å². The van der Waals surface area contributed by atoms with Gasteiger partial charge in [-0.3, -0.25) is 4.79 Å². The van der Waals surface area contributed by atoms with Gasteiger partial charge < -0.3 is 15.1 Å². The summed E-state index contributed by atoms with van der Waals surface area (Å²) in [6, 6.07) is 13.5. The number of hydrogen-bond acceptors (Lipinski definition) is 6. The smallest absolute Gasteiger partial charge is 0.291 e. The number of pyridine rings is 1. The van der Waals surface area contributed by atoms with Gasteiger partial charge in [-0.25, -0.2) is 4.98 Å². The molecular weight excluding hydrogens is 402 g/mol. The number of aromatic nitrogens is 1. The van der Waals surface area contributed by atoms with Crippen molar-refractivity contribution < 1.29 is 9.21 Å². The number of carbonyl (C=O) groups excluding carboxylic acids is 1. The van der Waals surface area contributed by atoms with Crippen molar-refractivity contribution >= 4 is 39.4 Å².